The van der Waals surface area contributed by atoms with E-state index < -0.39 is 18.3 Å². The number of aliphatic hydroxyl groups is 1. The number of primary amides is 1. The molecule has 6 nitrogen and oxygen atoms in total. The maximum atomic E-state index is 10.9. The van der Waals surface area contributed by atoms with Gasteiger partial charge in [0.2, 0.25) is 0 Å². The van der Waals surface area contributed by atoms with Gasteiger partial charge >= 0.3 is 12.2 Å². The van der Waals surface area contributed by atoms with E-state index in [1.807, 2.05) is 0 Å². The van der Waals surface area contributed by atoms with Crippen LogP contribution in [0.4, 0.5) is 9.59 Å². The van der Waals surface area contributed by atoms with Gasteiger partial charge < -0.3 is 20.9 Å². The van der Waals surface area contributed by atoms with Crippen LogP contribution in [0.2, 0.25) is 5.02 Å². The first kappa shape index (κ1) is 13.3. The van der Waals surface area contributed by atoms with Crippen LogP contribution in [0, 0.1) is 0 Å². The van der Waals surface area contributed by atoms with Crippen LogP contribution in [0.3, 0.4) is 0 Å². The molecule has 0 aliphatic rings. The summed E-state index contributed by atoms with van der Waals surface area (Å²) < 4.78 is 4.01. The molecule has 1 aromatic carbocycles. The van der Waals surface area contributed by atoms with Crippen molar-refractivity contribution in [1.82, 2.24) is 5.32 Å². The first-order valence-electron chi connectivity index (χ1n) is 4.67. The molecule has 0 aliphatic carbocycles. The molecule has 2 amide bonds. The number of nitrogens with two attached hydrogens (primary N) is 1. The van der Waals surface area contributed by atoms with E-state index in [4.69, 9.17) is 11.6 Å². The highest BCUT2D eigenvalue weighted by Crippen LogP contribution is 2.15. The second-order valence-corrected chi connectivity index (χ2v) is 3.59. The van der Waals surface area contributed by atoms with Gasteiger partial charge in [-0.15, -0.1) is 0 Å². The zero-order valence-electron chi connectivity index (χ0n) is 8.72. The van der Waals surface area contributed by atoms with Gasteiger partial charge in [-0.05, 0) is 17.7 Å². The summed E-state index contributed by atoms with van der Waals surface area (Å²) in [6.45, 7) is -0.103. The first-order chi connectivity index (χ1) is 7.99. The SMILES string of the molecule is NC(=O)OC(=O)NCC(O)c1ccc(Cl)cc1. The van der Waals surface area contributed by atoms with Crippen molar-refractivity contribution >= 4 is 23.8 Å². The van der Waals surface area contributed by atoms with Crippen LogP contribution in [0.25, 0.3) is 0 Å². The van der Waals surface area contributed by atoms with Crippen LogP contribution in [0.5, 0.6) is 0 Å². The number of hydrogen-bond donors (Lipinski definition) is 3. The summed E-state index contributed by atoms with van der Waals surface area (Å²) in [5.41, 5.74) is 5.21. The Kier molecular flexibility index (Phi) is 4.74. The Morgan fingerprint density at radius 2 is 2.00 bits per heavy atom. The number of carbonyl (C=O) groups is 2. The minimum atomic E-state index is -1.21. The van der Waals surface area contributed by atoms with Crippen molar-refractivity contribution in [3.05, 3.63) is 34.9 Å². The third kappa shape index (κ3) is 4.71. The van der Waals surface area contributed by atoms with Crippen molar-refractivity contribution in [3.63, 3.8) is 0 Å². The van der Waals surface area contributed by atoms with E-state index in [2.05, 4.69) is 15.8 Å². The summed E-state index contributed by atoms with van der Waals surface area (Å²) in [4.78, 5) is 21.1. The molecule has 7 heteroatoms. The van der Waals surface area contributed by atoms with Crippen LogP contribution in [-0.2, 0) is 4.74 Å². The molecule has 1 unspecified atom stereocenters. The minimum absolute atomic E-state index is 0.103. The van der Waals surface area contributed by atoms with E-state index in [1.165, 1.54) is 0 Å². The summed E-state index contributed by atoms with van der Waals surface area (Å²) >= 11 is 5.68. The van der Waals surface area contributed by atoms with E-state index >= 15 is 0 Å². The predicted octanol–water partition coefficient (Wildman–Crippen LogP) is 1.18. The number of aliphatic hydroxyl groups excluding tert-OH is 1. The quantitative estimate of drug-likeness (QED) is 0.709. The lowest BCUT2D eigenvalue weighted by molar-refractivity contribution is 0.142. The van der Waals surface area contributed by atoms with Gasteiger partial charge in [-0.25, -0.2) is 9.59 Å². The fraction of sp³-hybridized carbons (Fsp3) is 0.200. The molecule has 0 heterocycles. The molecule has 0 spiro atoms. The van der Waals surface area contributed by atoms with Crippen molar-refractivity contribution < 1.29 is 19.4 Å². The van der Waals surface area contributed by atoms with Gasteiger partial charge in [0.1, 0.15) is 0 Å². The lowest BCUT2D eigenvalue weighted by Crippen LogP contribution is -2.32. The predicted molar refractivity (Wildman–Crippen MR) is 60.5 cm³/mol. The zero-order chi connectivity index (χ0) is 12.8. The van der Waals surface area contributed by atoms with Gasteiger partial charge in [0.15, 0.2) is 0 Å². The number of rotatable bonds is 3. The summed E-state index contributed by atoms with van der Waals surface area (Å²) in [7, 11) is 0. The number of carbonyl (C=O) groups excluding carboxylic acids is 2. The Hall–Kier alpha value is -1.79. The molecule has 0 aromatic heterocycles. The lowest BCUT2D eigenvalue weighted by Gasteiger charge is -2.11. The fourth-order valence-corrected chi connectivity index (χ4v) is 1.24. The Labute approximate surface area is 102 Å². The van der Waals surface area contributed by atoms with E-state index in [9.17, 15) is 14.7 Å². The third-order valence-corrected chi connectivity index (χ3v) is 2.14. The Morgan fingerprint density at radius 3 is 2.53 bits per heavy atom. The van der Waals surface area contributed by atoms with Crippen molar-refractivity contribution in [2.24, 2.45) is 5.73 Å². The standard InChI is InChI=1S/C10H11ClN2O4/c11-7-3-1-6(2-4-7)8(14)5-13-10(16)17-9(12)15/h1-4,8,14H,5H2,(H2,12,15)(H,13,16). The van der Waals surface area contributed by atoms with E-state index in [1.54, 1.807) is 24.3 Å². The molecule has 0 saturated heterocycles. The van der Waals surface area contributed by atoms with Gasteiger partial charge in [-0.3, -0.25) is 0 Å². The number of alkyl carbamates (subject to hydrolysis) is 1. The molecule has 0 fully saturated rings. The average Bonchev–Trinajstić information content (AvgIpc) is 2.26. The normalized spacial score (nSPS) is 11.6. The van der Waals surface area contributed by atoms with Gasteiger partial charge in [-0.2, -0.15) is 0 Å². The second kappa shape index (κ2) is 6.07. The summed E-state index contributed by atoms with van der Waals surface area (Å²) in [5.74, 6) is 0. The van der Waals surface area contributed by atoms with Crippen molar-refractivity contribution in [3.8, 4) is 0 Å². The third-order valence-electron chi connectivity index (χ3n) is 1.89. The summed E-state index contributed by atoms with van der Waals surface area (Å²) in [5, 5.41) is 12.4. The maximum Gasteiger partial charge on any atom is 0.416 e. The van der Waals surface area contributed by atoms with Gasteiger partial charge in [-0.1, -0.05) is 23.7 Å². The average molecular weight is 259 g/mol. The van der Waals surface area contributed by atoms with Crippen LogP contribution in [-0.4, -0.2) is 23.8 Å². The smallest absolute Gasteiger partial charge is 0.387 e. The first-order valence-corrected chi connectivity index (χ1v) is 5.05. The molecule has 0 aliphatic heterocycles. The molecule has 1 rings (SSSR count). The molecule has 0 saturated carbocycles. The minimum Gasteiger partial charge on any atom is -0.387 e. The molecular weight excluding hydrogens is 248 g/mol. The van der Waals surface area contributed by atoms with Crippen LogP contribution < -0.4 is 11.1 Å². The number of halogens is 1. The second-order valence-electron chi connectivity index (χ2n) is 3.16. The Bertz CT molecular complexity index is 407. The molecular formula is C10H11ClN2O4. The van der Waals surface area contributed by atoms with Gasteiger partial charge in [0.25, 0.3) is 0 Å². The van der Waals surface area contributed by atoms with Crippen molar-refractivity contribution in [1.29, 1.82) is 0 Å². The molecule has 17 heavy (non-hydrogen) atoms. The highest BCUT2D eigenvalue weighted by Gasteiger charge is 2.11. The van der Waals surface area contributed by atoms with Crippen LogP contribution in [0.15, 0.2) is 24.3 Å². The molecule has 0 bridgehead atoms. The largest absolute Gasteiger partial charge is 0.416 e. The van der Waals surface area contributed by atoms with E-state index in [-0.39, 0.29) is 6.54 Å². The molecule has 0 radical (unpaired) electrons. The lowest BCUT2D eigenvalue weighted by atomic mass is 10.1. The van der Waals surface area contributed by atoms with Crippen LogP contribution >= 0.6 is 11.6 Å². The van der Waals surface area contributed by atoms with Crippen molar-refractivity contribution in [2.45, 2.75) is 6.10 Å². The topological polar surface area (TPSA) is 102 Å². The summed E-state index contributed by atoms with van der Waals surface area (Å²) in [6.07, 6.45) is -3.14. The number of amides is 2. The summed E-state index contributed by atoms with van der Waals surface area (Å²) in [6, 6.07) is 6.46. The van der Waals surface area contributed by atoms with Crippen molar-refractivity contribution in [2.75, 3.05) is 6.54 Å². The van der Waals surface area contributed by atoms with Gasteiger partial charge in [0, 0.05) is 5.02 Å². The van der Waals surface area contributed by atoms with E-state index in [0.717, 1.165) is 0 Å². The van der Waals surface area contributed by atoms with Gasteiger partial charge in [0.05, 0.1) is 12.6 Å². The monoisotopic (exact) mass is 258 g/mol. The maximum absolute atomic E-state index is 10.9. The number of nitrogens with one attached hydrogen (secondary N) is 1. The molecule has 4 N–H and O–H groups in total. The van der Waals surface area contributed by atoms with Crippen LogP contribution in [0.1, 0.15) is 11.7 Å². The molecule has 1 atom stereocenters. The highest BCUT2D eigenvalue weighted by molar-refractivity contribution is 6.30. The molecule has 92 valence electrons. The van der Waals surface area contributed by atoms with E-state index in [0.29, 0.717) is 10.6 Å². The highest BCUT2D eigenvalue weighted by atomic mass is 35.5. The zero-order valence-corrected chi connectivity index (χ0v) is 9.48. The number of ether oxygens (including phenoxy) is 1. The molecule has 1 aromatic rings. The number of benzene rings is 1. The Morgan fingerprint density at radius 1 is 1.41 bits per heavy atom. The Balaban J connectivity index is 2.44. The number of hydrogen-bond acceptors (Lipinski definition) is 4. The fourth-order valence-electron chi connectivity index (χ4n) is 1.11.